The number of ether oxygens (including phenoxy) is 1. The molecule has 0 aromatic heterocycles. The van der Waals surface area contributed by atoms with Crippen molar-refractivity contribution in [1.29, 1.82) is 0 Å². The largest absolute Gasteiger partial charge is 0.444 e. The predicted molar refractivity (Wildman–Crippen MR) is 142 cm³/mol. The quantitative estimate of drug-likeness (QED) is 0.298. The number of ketones is 1. The third-order valence-electron chi connectivity index (χ3n) is 5.92. The first-order chi connectivity index (χ1) is 16.8. The smallest absolute Gasteiger partial charge is 0.408 e. The van der Waals surface area contributed by atoms with Crippen molar-refractivity contribution in [2.75, 3.05) is 13.1 Å². The Morgan fingerprint density at radius 3 is 2.16 bits per heavy atom. The van der Waals surface area contributed by atoms with E-state index in [1.165, 1.54) is 11.0 Å². The summed E-state index contributed by atoms with van der Waals surface area (Å²) in [6, 6.07) is -2.83. The molecule has 1 saturated heterocycles. The summed E-state index contributed by atoms with van der Waals surface area (Å²) in [5.74, 6) is -2.46. The Morgan fingerprint density at radius 2 is 1.68 bits per heavy atom. The molecule has 3 atom stereocenters. The monoisotopic (exact) mass is 522 g/mol. The maximum Gasteiger partial charge on any atom is 0.408 e. The van der Waals surface area contributed by atoms with E-state index < -0.39 is 58.7 Å². The average Bonchev–Trinajstić information content (AvgIpc) is 3.08. The van der Waals surface area contributed by atoms with Gasteiger partial charge in [0.1, 0.15) is 17.7 Å². The first-order valence-corrected chi connectivity index (χ1v) is 12.9. The van der Waals surface area contributed by atoms with Gasteiger partial charge in [-0.3, -0.25) is 19.2 Å². The van der Waals surface area contributed by atoms with E-state index >= 15 is 0 Å². The Kier molecular flexibility index (Phi) is 10.9. The minimum absolute atomic E-state index is 0.134. The molecule has 210 valence electrons. The summed E-state index contributed by atoms with van der Waals surface area (Å²) >= 11 is 0. The molecule has 0 spiro atoms. The molecule has 4 amide bonds. The van der Waals surface area contributed by atoms with Gasteiger partial charge in [-0.25, -0.2) is 4.79 Å². The van der Waals surface area contributed by atoms with E-state index in [1.807, 2.05) is 41.5 Å². The van der Waals surface area contributed by atoms with E-state index in [-0.39, 0.29) is 18.4 Å². The van der Waals surface area contributed by atoms with Crippen molar-refractivity contribution in [2.24, 2.45) is 10.8 Å². The van der Waals surface area contributed by atoms with Gasteiger partial charge in [0.15, 0.2) is 0 Å². The highest BCUT2D eigenvalue weighted by molar-refractivity contribution is 6.38. The molecular weight excluding hydrogens is 476 g/mol. The molecule has 1 aliphatic heterocycles. The number of carbonyl (C=O) groups excluding carboxylic acids is 5. The van der Waals surface area contributed by atoms with Crippen LogP contribution in [0.25, 0.3) is 0 Å². The van der Waals surface area contributed by atoms with Crippen LogP contribution in [0.4, 0.5) is 4.79 Å². The lowest BCUT2D eigenvalue weighted by Crippen LogP contribution is -2.59. The van der Waals surface area contributed by atoms with Crippen molar-refractivity contribution in [3.63, 3.8) is 0 Å². The van der Waals surface area contributed by atoms with Crippen LogP contribution in [0.5, 0.6) is 0 Å². The summed E-state index contributed by atoms with van der Waals surface area (Å²) in [5, 5.41) is 7.84. The third kappa shape index (κ3) is 9.81. The summed E-state index contributed by atoms with van der Waals surface area (Å²) in [7, 11) is 0. The molecule has 3 unspecified atom stereocenters. The molecule has 0 aromatic rings. The van der Waals surface area contributed by atoms with Gasteiger partial charge >= 0.3 is 6.09 Å². The van der Waals surface area contributed by atoms with Crippen LogP contribution in [0.15, 0.2) is 12.7 Å². The second-order valence-electron chi connectivity index (χ2n) is 12.5. The van der Waals surface area contributed by atoms with E-state index in [1.54, 1.807) is 20.8 Å². The number of rotatable bonds is 10. The standard InChI is InChI=1S/C27H46N4O6/c1-11-13-17(19(32)22(34)28-14-12-2)29-21(33)18-15-27(9,10)16-31(18)23(35)20(25(3,4)5)30-24(36)37-26(6,7)8/h12,17-18,20H,2,11,13-16H2,1,3-10H3,(H,28,34)(H,29,33)(H,30,36). The summed E-state index contributed by atoms with van der Waals surface area (Å²) in [5.41, 5.74) is -1.80. The highest BCUT2D eigenvalue weighted by Crippen LogP contribution is 2.36. The summed E-state index contributed by atoms with van der Waals surface area (Å²) in [6.45, 7) is 20.3. The van der Waals surface area contributed by atoms with Crippen LogP contribution >= 0.6 is 0 Å². The Morgan fingerprint density at radius 1 is 1.08 bits per heavy atom. The number of hydrogen-bond acceptors (Lipinski definition) is 6. The SMILES string of the molecule is C=CCNC(=O)C(=O)C(CCC)NC(=O)C1CC(C)(C)CN1C(=O)C(NC(=O)OC(C)(C)C)C(C)(C)C. The zero-order valence-corrected chi connectivity index (χ0v) is 23.9. The zero-order chi connectivity index (χ0) is 28.8. The van der Waals surface area contributed by atoms with E-state index in [4.69, 9.17) is 4.74 Å². The molecule has 37 heavy (non-hydrogen) atoms. The number of hydrogen-bond donors (Lipinski definition) is 3. The van der Waals surface area contributed by atoms with Gasteiger partial charge in [-0.1, -0.05) is 54.0 Å². The Labute approximate surface area is 221 Å². The minimum Gasteiger partial charge on any atom is -0.444 e. The van der Waals surface area contributed by atoms with Crippen molar-refractivity contribution in [2.45, 2.75) is 105 Å². The molecule has 0 aliphatic carbocycles. The maximum absolute atomic E-state index is 13.8. The molecule has 0 aromatic carbocycles. The van der Waals surface area contributed by atoms with Crippen LogP contribution in [0.2, 0.25) is 0 Å². The molecule has 0 bridgehead atoms. The predicted octanol–water partition coefficient (Wildman–Crippen LogP) is 2.71. The number of amides is 4. The van der Waals surface area contributed by atoms with E-state index in [2.05, 4.69) is 22.5 Å². The number of alkyl carbamates (subject to hydrolysis) is 1. The molecule has 1 heterocycles. The zero-order valence-electron chi connectivity index (χ0n) is 23.9. The molecule has 10 nitrogen and oxygen atoms in total. The molecule has 10 heteroatoms. The van der Waals surface area contributed by atoms with Gasteiger partial charge in [0, 0.05) is 13.1 Å². The fraction of sp³-hybridized carbons (Fsp3) is 0.741. The summed E-state index contributed by atoms with van der Waals surface area (Å²) < 4.78 is 5.37. The van der Waals surface area contributed by atoms with Crippen LogP contribution < -0.4 is 16.0 Å². The molecule has 3 N–H and O–H groups in total. The van der Waals surface area contributed by atoms with Gasteiger partial charge < -0.3 is 25.6 Å². The van der Waals surface area contributed by atoms with Gasteiger partial charge in [-0.05, 0) is 44.4 Å². The van der Waals surface area contributed by atoms with Crippen LogP contribution in [-0.4, -0.2) is 71.3 Å². The Balaban J connectivity index is 3.20. The highest BCUT2D eigenvalue weighted by Gasteiger charge is 2.48. The van der Waals surface area contributed by atoms with Gasteiger partial charge in [0.05, 0.1) is 6.04 Å². The van der Waals surface area contributed by atoms with Crippen molar-refractivity contribution >= 4 is 29.6 Å². The van der Waals surface area contributed by atoms with Crippen LogP contribution in [-0.2, 0) is 23.9 Å². The summed E-state index contributed by atoms with van der Waals surface area (Å²) in [6.07, 6.45) is 1.94. The first-order valence-electron chi connectivity index (χ1n) is 12.9. The van der Waals surface area contributed by atoms with Crippen molar-refractivity contribution in [1.82, 2.24) is 20.9 Å². The Bertz CT molecular complexity index is 884. The van der Waals surface area contributed by atoms with Crippen molar-refractivity contribution in [3.8, 4) is 0 Å². The van der Waals surface area contributed by atoms with Gasteiger partial charge in [-0.2, -0.15) is 0 Å². The van der Waals surface area contributed by atoms with Gasteiger partial charge in [-0.15, -0.1) is 6.58 Å². The number of likely N-dealkylation sites (tertiary alicyclic amines) is 1. The second-order valence-corrected chi connectivity index (χ2v) is 12.5. The fourth-order valence-corrected chi connectivity index (χ4v) is 4.21. The maximum atomic E-state index is 13.8. The summed E-state index contributed by atoms with van der Waals surface area (Å²) in [4.78, 5) is 66.2. The number of carbonyl (C=O) groups is 5. The molecule has 1 rings (SSSR count). The Hall–Kier alpha value is -2.91. The molecular formula is C27H46N4O6. The lowest BCUT2D eigenvalue weighted by Gasteiger charge is -2.36. The molecule has 0 saturated carbocycles. The number of nitrogens with zero attached hydrogens (tertiary/aromatic N) is 1. The fourth-order valence-electron chi connectivity index (χ4n) is 4.21. The lowest BCUT2D eigenvalue weighted by molar-refractivity contribution is -0.144. The van der Waals surface area contributed by atoms with Gasteiger partial charge in [0.25, 0.3) is 5.91 Å². The average molecular weight is 523 g/mol. The number of Topliss-reactive ketones (excluding diaryl/α,β-unsaturated/α-hetero) is 1. The second kappa shape index (κ2) is 12.6. The van der Waals surface area contributed by atoms with E-state index in [0.717, 1.165) is 0 Å². The number of nitrogens with one attached hydrogen (secondary N) is 3. The molecule has 1 fully saturated rings. The molecule has 1 aliphatic rings. The van der Waals surface area contributed by atoms with Crippen LogP contribution in [0, 0.1) is 10.8 Å². The van der Waals surface area contributed by atoms with E-state index in [0.29, 0.717) is 19.4 Å². The van der Waals surface area contributed by atoms with Crippen LogP contribution in [0.1, 0.15) is 81.6 Å². The lowest BCUT2D eigenvalue weighted by atomic mass is 9.85. The van der Waals surface area contributed by atoms with Crippen molar-refractivity contribution < 1.29 is 28.7 Å². The minimum atomic E-state index is -1.01. The van der Waals surface area contributed by atoms with Crippen molar-refractivity contribution in [3.05, 3.63) is 12.7 Å². The van der Waals surface area contributed by atoms with Gasteiger partial charge in [0.2, 0.25) is 17.6 Å². The third-order valence-corrected chi connectivity index (χ3v) is 5.92. The normalized spacial score (nSPS) is 18.8. The molecule has 0 radical (unpaired) electrons. The van der Waals surface area contributed by atoms with E-state index in [9.17, 15) is 24.0 Å². The highest BCUT2D eigenvalue weighted by atomic mass is 16.6. The topological polar surface area (TPSA) is 134 Å². The van der Waals surface area contributed by atoms with Crippen LogP contribution in [0.3, 0.4) is 0 Å². The first kappa shape index (κ1) is 32.1.